The first-order valence-electron chi connectivity index (χ1n) is 8.56. The van der Waals surface area contributed by atoms with Gasteiger partial charge in [0.1, 0.15) is 0 Å². The molecule has 2 fully saturated rings. The number of rotatable bonds is 5. The van der Waals surface area contributed by atoms with Gasteiger partial charge in [-0.25, -0.2) is 0 Å². The number of fused-ring (bicyclic) bond motifs is 1. The SMILES string of the molecule is CN=C(NCCS(=O)c1ccccc1)NC1C2CCOC2C1(C)C.I. The van der Waals surface area contributed by atoms with Crippen molar-refractivity contribution in [1.29, 1.82) is 0 Å². The van der Waals surface area contributed by atoms with Crippen molar-refractivity contribution in [2.45, 2.75) is 37.3 Å². The number of guanidine groups is 1. The van der Waals surface area contributed by atoms with Crippen molar-refractivity contribution in [3.8, 4) is 0 Å². The molecule has 5 nitrogen and oxygen atoms in total. The molecular formula is C18H28IN3O2S. The minimum atomic E-state index is -0.987. The highest BCUT2D eigenvalue weighted by atomic mass is 127. The molecule has 2 aliphatic rings. The van der Waals surface area contributed by atoms with E-state index in [2.05, 4.69) is 29.5 Å². The van der Waals surface area contributed by atoms with Gasteiger partial charge < -0.3 is 15.4 Å². The molecule has 0 radical (unpaired) electrons. The Morgan fingerprint density at radius 1 is 1.36 bits per heavy atom. The lowest BCUT2D eigenvalue weighted by Crippen LogP contribution is -2.68. The van der Waals surface area contributed by atoms with E-state index in [0.29, 0.717) is 30.4 Å². The van der Waals surface area contributed by atoms with Crippen LogP contribution in [0.3, 0.4) is 0 Å². The summed E-state index contributed by atoms with van der Waals surface area (Å²) in [6, 6.07) is 9.95. The van der Waals surface area contributed by atoms with Crippen LogP contribution in [0.15, 0.2) is 40.2 Å². The van der Waals surface area contributed by atoms with E-state index in [0.717, 1.165) is 23.9 Å². The average molecular weight is 477 g/mol. The van der Waals surface area contributed by atoms with Gasteiger partial charge in [-0.1, -0.05) is 32.0 Å². The number of hydrogen-bond acceptors (Lipinski definition) is 3. The molecule has 3 rings (SSSR count). The van der Waals surface area contributed by atoms with Crippen LogP contribution in [0.4, 0.5) is 0 Å². The summed E-state index contributed by atoms with van der Waals surface area (Å²) in [5, 5.41) is 6.83. The predicted octanol–water partition coefficient (Wildman–Crippen LogP) is 2.39. The molecule has 1 saturated heterocycles. The number of benzene rings is 1. The van der Waals surface area contributed by atoms with E-state index < -0.39 is 10.8 Å². The Bertz CT molecular complexity index is 624. The molecule has 1 aromatic carbocycles. The molecule has 4 atom stereocenters. The second-order valence-electron chi connectivity index (χ2n) is 7.05. The van der Waals surface area contributed by atoms with Crippen molar-refractivity contribution in [2.24, 2.45) is 16.3 Å². The van der Waals surface area contributed by atoms with Crippen molar-refractivity contribution in [2.75, 3.05) is 26.0 Å². The number of halogens is 1. The highest BCUT2D eigenvalue weighted by Gasteiger charge is 2.59. The van der Waals surface area contributed by atoms with E-state index in [9.17, 15) is 4.21 Å². The molecule has 7 heteroatoms. The zero-order valence-corrected chi connectivity index (χ0v) is 18.2. The Kier molecular flexibility index (Phi) is 7.28. The van der Waals surface area contributed by atoms with E-state index in [1.165, 1.54) is 0 Å². The topological polar surface area (TPSA) is 62.7 Å². The van der Waals surface area contributed by atoms with Gasteiger partial charge in [0.25, 0.3) is 0 Å². The van der Waals surface area contributed by atoms with Crippen LogP contribution in [-0.2, 0) is 15.5 Å². The van der Waals surface area contributed by atoms with Crippen LogP contribution in [0.25, 0.3) is 0 Å². The van der Waals surface area contributed by atoms with E-state index in [4.69, 9.17) is 4.74 Å². The lowest BCUT2D eigenvalue weighted by atomic mass is 9.57. The Labute approximate surface area is 169 Å². The molecule has 1 heterocycles. The number of aliphatic imine (C=N–C) groups is 1. The molecule has 4 unspecified atom stereocenters. The normalized spacial score (nSPS) is 28.3. The lowest BCUT2D eigenvalue weighted by molar-refractivity contribution is -0.106. The Morgan fingerprint density at radius 2 is 2.08 bits per heavy atom. The first-order chi connectivity index (χ1) is 11.5. The number of ether oxygens (including phenoxy) is 1. The lowest BCUT2D eigenvalue weighted by Gasteiger charge is -2.54. The van der Waals surface area contributed by atoms with Gasteiger partial charge in [-0.2, -0.15) is 0 Å². The Balaban J connectivity index is 0.00000225. The maximum atomic E-state index is 12.3. The van der Waals surface area contributed by atoms with Gasteiger partial charge in [0.15, 0.2) is 5.96 Å². The summed E-state index contributed by atoms with van der Waals surface area (Å²) in [5.41, 5.74) is 0.117. The van der Waals surface area contributed by atoms with Gasteiger partial charge in [0, 0.05) is 48.2 Å². The molecular weight excluding hydrogens is 449 g/mol. The Morgan fingerprint density at radius 3 is 2.76 bits per heavy atom. The second-order valence-corrected chi connectivity index (χ2v) is 8.62. The standard InChI is InChI=1S/C18H27N3O2S.HI/c1-18(2)15(14-9-11-23-16(14)18)21-17(19-3)20-10-12-24(22)13-7-5-4-6-8-13;/h4-8,14-16H,9-12H2,1-3H3,(H2,19,20,21);1H. The van der Waals surface area contributed by atoms with E-state index >= 15 is 0 Å². The van der Waals surface area contributed by atoms with E-state index in [-0.39, 0.29) is 29.4 Å². The van der Waals surface area contributed by atoms with Crippen LogP contribution in [0.5, 0.6) is 0 Å². The van der Waals surface area contributed by atoms with Gasteiger partial charge >= 0.3 is 0 Å². The second kappa shape index (κ2) is 8.81. The van der Waals surface area contributed by atoms with Crippen molar-refractivity contribution in [3.05, 3.63) is 30.3 Å². The van der Waals surface area contributed by atoms with Crippen molar-refractivity contribution < 1.29 is 8.95 Å². The highest BCUT2D eigenvalue weighted by molar-refractivity contribution is 14.0. The molecule has 1 aliphatic heterocycles. The van der Waals surface area contributed by atoms with Crippen LogP contribution in [0.2, 0.25) is 0 Å². The third kappa shape index (κ3) is 4.36. The quantitative estimate of drug-likeness (QED) is 0.389. The fraction of sp³-hybridized carbons (Fsp3) is 0.611. The summed E-state index contributed by atoms with van der Waals surface area (Å²) in [5.74, 6) is 1.91. The predicted molar refractivity (Wildman–Crippen MR) is 113 cm³/mol. The molecule has 0 aromatic heterocycles. The van der Waals surface area contributed by atoms with Crippen molar-refractivity contribution in [3.63, 3.8) is 0 Å². The zero-order chi connectivity index (χ0) is 17.2. The molecule has 0 spiro atoms. The molecule has 1 aromatic rings. The monoisotopic (exact) mass is 477 g/mol. The van der Waals surface area contributed by atoms with Crippen LogP contribution in [0, 0.1) is 11.3 Å². The van der Waals surface area contributed by atoms with Gasteiger partial charge in [-0.05, 0) is 18.6 Å². The van der Waals surface area contributed by atoms with Crippen molar-refractivity contribution >= 4 is 40.7 Å². The maximum absolute atomic E-state index is 12.3. The first kappa shape index (κ1) is 20.6. The van der Waals surface area contributed by atoms with Gasteiger partial charge in [-0.3, -0.25) is 9.20 Å². The van der Waals surface area contributed by atoms with Gasteiger partial charge in [0.2, 0.25) is 0 Å². The van der Waals surface area contributed by atoms with Gasteiger partial charge in [0.05, 0.1) is 16.9 Å². The van der Waals surface area contributed by atoms with E-state index in [1.807, 2.05) is 30.3 Å². The fourth-order valence-electron chi connectivity index (χ4n) is 3.91. The molecule has 1 aliphatic carbocycles. The fourth-order valence-corrected chi connectivity index (χ4v) is 4.90. The summed E-state index contributed by atoms with van der Waals surface area (Å²) >= 11 is 0. The summed E-state index contributed by atoms with van der Waals surface area (Å²) < 4.78 is 18.1. The van der Waals surface area contributed by atoms with Crippen LogP contribution >= 0.6 is 24.0 Å². The third-order valence-electron chi connectivity index (χ3n) is 5.20. The van der Waals surface area contributed by atoms with Crippen LogP contribution in [0.1, 0.15) is 20.3 Å². The minimum absolute atomic E-state index is 0. The third-order valence-corrected chi connectivity index (χ3v) is 6.58. The first-order valence-corrected chi connectivity index (χ1v) is 9.88. The maximum Gasteiger partial charge on any atom is 0.191 e. The summed E-state index contributed by atoms with van der Waals surface area (Å²) in [4.78, 5) is 5.18. The van der Waals surface area contributed by atoms with Crippen LogP contribution < -0.4 is 10.6 Å². The van der Waals surface area contributed by atoms with Crippen LogP contribution in [-0.4, -0.2) is 48.3 Å². The highest BCUT2D eigenvalue weighted by Crippen LogP contribution is 2.52. The van der Waals surface area contributed by atoms with Crippen molar-refractivity contribution in [1.82, 2.24) is 10.6 Å². The molecule has 0 bridgehead atoms. The number of nitrogens with zero attached hydrogens (tertiary/aromatic N) is 1. The molecule has 2 N–H and O–H groups in total. The van der Waals surface area contributed by atoms with Gasteiger partial charge in [-0.15, -0.1) is 24.0 Å². The minimum Gasteiger partial charge on any atom is -0.377 e. The number of nitrogens with one attached hydrogen (secondary N) is 2. The summed E-state index contributed by atoms with van der Waals surface area (Å²) in [7, 11) is 0.788. The largest absolute Gasteiger partial charge is 0.377 e. The Hall–Kier alpha value is -0.670. The smallest absolute Gasteiger partial charge is 0.191 e. The average Bonchev–Trinajstić information content (AvgIpc) is 3.05. The zero-order valence-electron chi connectivity index (χ0n) is 15.0. The summed E-state index contributed by atoms with van der Waals surface area (Å²) in [6.45, 7) is 5.97. The number of hydrogen-bond donors (Lipinski definition) is 2. The molecule has 25 heavy (non-hydrogen) atoms. The summed E-state index contributed by atoms with van der Waals surface area (Å²) in [6.07, 6.45) is 1.47. The van der Waals surface area contributed by atoms with E-state index in [1.54, 1.807) is 7.05 Å². The molecule has 140 valence electrons. The molecule has 0 amide bonds. The molecule has 1 saturated carbocycles.